The molecule has 0 aliphatic carbocycles. The molecule has 2 heterocycles. The second kappa shape index (κ2) is 12.5. The number of rotatable bonds is 8. The lowest BCUT2D eigenvalue weighted by Gasteiger charge is -2.16. The molecule has 2 fully saturated rings. The molecule has 0 radical (unpaired) electrons. The van der Waals surface area contributed by atoms with Crippen LogP contribution < -0.4 is 34.3 Å². The van der Waals surface area contributed by atoms with E-state index in [0.717, 1.165) is 24.7 Å². The fourth-order valence-corrected chi connectivity index (χ4v) is 8.37. The maximum Gasteiger partial charge on any atom is 0.136 e. The Balaban J connectivity index is 0.00000169. The predicted octanol–water partition coefficient (Wildman–Crippen LogP) is -1.68. The Morgan fingerprint density at radius 2 is 1.04 bits per heavy atom. The van der Waals surface area contributed by atoms with E-state index in [1.54, 1.807) is 0 Å². The van der Waals surface area contributed by atoms with Crippen molar-refractivity contribution in [3.8, 4) is 11.5 Å². The van der Waals surface area contributed by atoms with E-state index >= 15 is 0 Å². The van der Waals surface area contributed by atoms with E-state index in [-0.39, 0.29) is 24.8 Å². The van der Waals surface area contributed by atoms with Crippen molar-refractivity contribution in [2.75, 3.05) is 36.2 Å². The van der Waals surface area contributed by atoms with Gasteiger partial charge in [-0.2, -0.15) is 0 Å². The lowest BCUT2D eigenvalue weighted by atomic mass is 10.1. The minimum atomic E-state index is 0. The van der Waals surface area contributed by atoms with E-state index in [1.165, 1.54) is 71.3 Å². The Morgan fingerprint density at radius 1 is 0.692 bits per heavy atom. The van der Waals surface area contributed by atoms with Gasteiger partial charge in [0.1, 0.15) is 46.0 Å². The largest absolute Gasteiger partial charge is 1.00 e. The van der Waals surface area contributed by atoms with Crippen LogP contribution in [0.1, 0.15) is 50.7 Å². The van der Waals surface area contributed by atoms with Crippen LogP contribution in [0.5, 0.6) is 11.5 Å². The normalized spacial score (nSPS) is 17.6. The zero-order valence-electron chi connectivity index (χ0n) is 16.0. The number of hydrogen-bond donors (Lipinski definition) is 0. The van der Waals surface area contributed by atoms with Gasteiger partial charge in [-0.3, -0.25) is 0 Å². The lowest BCUT2D eigenvalue weighted by Crippen LogP contribution is -3.00. The molecule has 0 amide bonds. The third kappa shape index (κ3) is 6.61. The Morgan fingerprint density at radius 3 is 1.35 bits per heavy atom. The molecule has 0 bridgehead atoms. The molecular weight excluding hydrogens is 407 g/mol. The summed E-state index contributed by atoms with van der Waals surface area (Å²) in [6.45, 7) is 5.69. The second-order valence-electron chi connectivity index (χ2n) is 6.68. The highest BCUT2D eigenvalue weighted by Gasteiger charge is 2.29. The highest BCUT2D eigenvalue weighted by Crippen LogP contribution is 2.34. The fourth-order valence-electron chi connectivity index (χ4n) is 3.61. The van der Waals surface area contributed by atoms with Crippen molar-refractivity contribution in [3.63, 3.8) is 0 Å². The first-order chi connectivity index (χ1) is 11.8. The molecule has 2 nitrogen and oxygen atoms in total. The highest BCUT2D eigenvalue weighted by atomic mass is 35.5. The van der Waals surface area contributed by atoms with Crippen LogP contribution in [0, 0.1) is 0 Å². The highest BCUT2D eigenvalue weighted by molar-refractivity contribution is 7.96. The summed E-state index contributed by atoms with van der Waals surface area (Å²) >= 11 is 0. The van der Waals surface area contributed by atoms with Crippen LogP contribution in [-0.2, 0) is 33.3 Å². The predicted molar refractivity (Wildman–Crippen MR) is 109 cm³/mol. The van der Waals surface area contributed by atoms with Gasteiger partial charge in [0.05, 0.1) is 13.2 Å². The van der Waals surface area contributed by atoms with E-state index < -0.39 is 0 Å². The van der Waals surface area contributed by atoms with Gasteiger partial charge in [0, 0.05) is 11.1 Å². The monoisotopic (exact) mass is 438 g/mol. The van der Waals surface area contributed by atoms with Gasteiger partial charge in [-0.25, -0.2) is 0 Å². The first kappa shape index (κ1) is 24.1. The molecule has 0 unspecified atom stereocenters. The summed E-state index contributed by atoms with van der Waals surface area (Å²) in [6, 6.07) is 4.63. The van der Waals surface area contributed by atoms with E-state index in [1.807, 2.05) is 0 Å². The van der Waals surface area contributed by atoms with Crippen LogP contribution in [0.25, 0.3) is 0 Å². The van der Waals surface area contributed by atoms with Gasteiger partial charge in [-0.1, -0.05) is 0 Å². The summed E-state index contributed by atoms with van der Waals surface area (Å²) in [6.07, 6.45) is 5.64. The summed E-state index contributed by atoms with van der Waals surface area (Å²) in [5.74, 6) is 10.2. The molecule has 3 rings (SSSR count). The Bertz CT molecular complexity index is 483. The number of hydrogen-bond acceptors (Lipinski definition) is 2. The SMILES string of the molecule is CCOc1cc(C[S+]2CCCC2)c(OCC)cc1C[S+]1CCCC1.[Cl-].[Cl-]. The van der Waals surface area contributed by atoms with Gasteiger partial charge in [0.15, 0.2) is 0 Å². The van der Waals surface area contributed by atoms with Crippen molar-refractivity contribution >= 4 is 21.8 Å². The van der Waals surface area contributed by atoms with Gasteiger partial charge in [0.2, 0.25) is 0 Å². The standard InChI is InChI=1S/C20H32O2S2.2ClH/c1-3-21-19-13-18(16-24-11-7-8-12-24)20(22-4-2)14-17(19)15-23-9-5-6-10-23;;/h13-14H,3-12,15-16H2,1-2H3;2*1H/q+2;;/p-2. The maximum atomic E-state index is 6.04. The molecule has 26 heavy (non-hydrogen) atoms. The van der Waals surface area contributed by atoms with Gasteiger partial charge in [-0.15, -0.1) is 0 Å². The van der Waals surface area contributed by atoms with Crippen LogP contribution in [-0.4, -0.2) is 36.2 Å². The Hall–Kier alpha value is 0.1000. The minimum absolute atomic E-state index is 0. The van der Waals surface area contributed by atoms with Crippen molar-refractivity contribution in [1.29, 1.82) is 0 Å². The molecule has 1 aromatic carbocycles. The average molecular weight is 440 g/mol. The second-order valence-corrected chi connectivity index (χ2v) is 11.3. The van der Waals surface area contributed by atoms with Crippen LogP contribution >= 0.6 is 0 Å². The Labute approximate surface area is 177 Å². The summed E-state index contributed by atoms with van der Waals surface area (Å²) < 4.78 is 12.1. The van der Waals surface area contributed by atoms with Crippen LogP contribution in [0.3, 0.4) is 0 Å². The molecule has 2 saturated heterocycles. The maximum absolute atomic E-state index is 6.04. The summed E-state index contributed by atoms with van der Waals surface area (Å²) in [4.78, 5) is 0. The van der Waals surface area contributed by atoms with Crippen molar-refractivity contribution in [2.24, 2.45) is 0 Å². The number of halogens is 2. The average Bonchev–Trinajstić information content (AvgIpc) is 3.25. The minimum Gasteiger partial charge on any atom is -1.00 e. The van der Waals surface area contributed by atoms with E-state index in [4.69, 9.17) is 9.47 Å². The molecule has 2 aliphatic heterocycles. The lowest BCUT2D eigenvalue weighted by molar-refractivity contribution is -0.00100. The zero-order valence-corrected chi connectivity index (χ0v) is 19.2. The van der Waals surface area contributed by atoms with Crippen molar-refractivity contribution in [3.05, 3.63) is 23.3 Å². The molecule has 150 valence electrons. The topological polar surface area (TPSA) is 18.5 Å². The molecule has 0 atom stereocenters. The summed E-state index contributed by atoms with van der Waals surface area (Å²) in [5, 5.41) is 0. The van der Waals surface area contributed by atoms with Gasteiger partial charge < -0.3 is 34.3 Å². The van der Waals surface area contributed by atoms with Crippen LogP contribution in [0.4, 0.5) is 0 Å². The number of benzene rings is 1. The van der Waals surface area contributed by atoms with Crippen LogP contribution in [0.15, 0.2) is 12.1 Å². The van der Waals surface area contributed by atoms with Crippen molar-refractivity contribution in [2.45, 2.75) is 51.0 Å². The molecule has 6 heteroatoms. The van der Waals surface area contributed by atoms with Gasteiger partial charge in [-0.05, 0) is 73.5 Å². The van der Waals surface area contributed by atoms with Gasteiger partial charge in [0.25, 0.3) is 0 Å². The molecule has 2 aliphatic rings. The van der Waals surface area contributed by atoms with Crippen molar-refractivity contribution in [1.82, 2.24) is 0 Å². The molecule has 0 saturated carbocycles. The van der Waals surface area contributed by atoms with E-state index in [2.05, 4.69) is 26.0 Å². The third-order valence-corrected chi connectivity index (χ3v) is 9.70. The number of ether oxygens (including phenoxy) is 2. The smallest absolute Gasteiger partial charge is 0.136 e. The third-order valence-electron chi connectivity index (χ3n) is 4.79. The van der Waals surface area contributed by atoms with Crippen molar-refractivity contribution < 1.29 is 34.3 Å². The zero-order chi connectivity index (χ0) is 16.8. The quantitative estimate of drug-likeness (QED) is 0.451. The van der Waals surface area contributed by atoms with Crippen LogP contribution in [0.2, 0.25) is 0 Å². The summed E-state index contributed by atoms with van der Waals surface area (Å²) in [7, 11) is 1.10. The fraction of sp³-hybridized carbons (Fsp3) is 0.700. The molecular formula is C20H32Cl2O2S2. The van der Waals surface area contributed by atoms with E-state index in [9.17, 15) is 0 Å². The first-order valence-electron chi connectivity index (χ1n) is 9.49. The summed E-state index contributed by atoms with van der Waals surface area (Å²) in [5.41, 5.74) is 2.76. The van der Waals surface area contributed by atoms with E-state index in [0.29, 0.717) is 21.8 Å². The first-order valence-corrected chi connectivity index (χ1v) is 13.0. The Kier molecular flexibility index (Phi) is 11.6. The molecule has 0 N–H and O–H groups in total. The van der Waals surface area contributed by atoms with Gasteiger partial charge >= 0.3 is 0 Å². The molecule has 0 spiro atoms. The molecule has 1 aromatic rings. The molecule has 0 aromatic heterocycles.